The van der Waals surface area contributed by atoms with Crippen LogP contribution >= 0.6 is 0 Å². The Morgan fingerprint density at radius 3 is 2.11 bits per heavy atom. The highest BCUT2D eigenvalue weighted by atomic mass is 32.2. The molecule has 38 heavy (non-hydrogen) atoms. The number of sulfonamides is 1. The maximum atomic E-state index is 13.9. The van der Waals surface area contributed by atoms with Gasteiger partial charge in [-0.1, -0.05) is 30.3 Å². The zero-order chi connectivity index (χ0) is 27.6. The normalized spacial score (nSPS) is 19.1. The summed E-state index contributed by atoms with van der Waals surface area (Å²) in [5.41, 5.74) is -0.0480. The number of carbonyl (C=O) groups is 1. The molecule has 0 aliphatic carbocycles. The van der Waals surface area contributed by atoms with E-state index in [1.165, 1.54) is 23.5 Å². The Balaban J connectivity index is 1.41. The van der Waals surface area contributed by atoms with Crippen LogP contribution < -0.4 is 10.1 Å². The number of piperidine rings is 2. The van der Waals surface area contributed by atoms with E-state index >= 15 is 0 Å². The average molecular weight is 553 g/mol. The first-order valence-corrected chi connectivity index (χ1v) is 13.9. The van der Waals surface area contributed by atoms with Crippen molar-refractivity contribution >= 4 is 21.8 Å². The standard InChI is InChI=1S/C26H31F3N4O4S/c1-31-24(34)25(13-17-32(18-14-25)23(30)19-5-3-2-4-6-19)38(35,36)33-15-11-22(12-16-33)37-21-9-7-20(8-10-21)26(27,28)29/h2-10,22,30H,11-18H2,1H3,(H,31,34). The Labute approximate surface area is 220 Å². The van der Waals surface area contributed by atoms with Gasteiger partial charge in [-0.05, 0) is 49.9 Å². The van der Waals surface area contributed by atoms with Crippen LogP contribution in [0.4, 0.5) is 13.2 Å². The second-order valence-corrected chi connectivity index (χ2v) is 11.8. The van der Waals surface area contributed by atoms with Gasteiger partial charge in [0.05, 0.1) is 5.56 Å². The number of amides is 1. The summed E-state index contributed by atoms with van der Waals surface area (Å²) in [6, 6.07) is 13.6. The van der Waals surface area contributed by atoms with Crippen molar-refractivity contribution in [1.29, 1.82) is 5.41 Å². The molecular formula is C26H31F3N4O4S. The lowest BCUT2D eigenvalue weighted by molar-refractivity contribution is -0.137. The predicted molar refractivity (Wildman–Crippen MR) is 136 cm³/mol. The van der Waals surface area contributed by atoms with Crippen LogP contribution in [0.3, 0.4) is 0 Å². The van der Waals surface area contributed by atoms with Crippen LogP contribution in [-0.2, 0) is 21.0 Å². The molecule has 1 amide bonds. The molecule has 2 heterocycles. The van der Waals surface area contributed by atoms with Gasteiger partial charge < -0.3 is 15.0 Å². The van der Waals surface area contributed by atoms with E-state index in [1.807, 2.05) is 30.3 Å². The highest BCUT2D eigenvalue weighted by Gasteiger charge is 2.55. The summed E-state index contributed by atoms with van der Waals surface area (Å²) in [6.45, 7) is 0.758. The Kier molecular flexibility index (Phi) is 8.03. The number of amidine groups is 1. The molecule has 206 valence electrons. The number of likely N-dealkylation sites (tertiary alicyclic amines) is 1. The molecule has 0 spiro atoms. The number of ether oxygens (including phenoxy) is 1. The summed E-state index contributed by atoms with van der Waals surface area (Å²) < 4.78 is 71.6. The van der Waals surface area contributed by atoms with E-state index in [-0.39, 0.29) is 56.7 Å². The fourth-order valence-electron chi connectivity index (χ4n) is 5.05. The smallest absolute Gasteiger partial charge is 0.416 e. The minimum atomic E-state index is -4.43. The summed E-state index contributed by atoms with van der Waals surface area (Å²) in [7, 11) is -2.63. The second kappa shape index (κ2) is 10.9. The Morgan fingerprint density at radius 2 is 1.58 bits per heavy atom. The SMILES string of the molecule is CNC(=O)C1(S(=O)(=O)N2CCC(Oc3ccc(C(F)(F)F)cc3)CC2)CCN(C(=N)c2ccccc2)CC1. The van der Waals surface area contributed by atoms with Crippen LogP contribution in [0.5, 0.6) is 5.75 Å². The third kappa shape index (κ3) is 5.51. The van der Waals surface area contributed by atoms with E-state index in [9.17, 15) is 26.4 Å². The van der Waals surface area contributed by atoms with Crippen molar-refractivity contribution in [3.05, 3.63) is 65.7 Å². The molecule has 0 saturated carbocycles. The Morgan fingerprint density at radius 1 is 1.00 bits per heavy atom. The minimum Gasteiger partial charge on any atom is -0.490 e. The van der Waals surface area contributed by atoms with Gasteiger partial charge in [0, 0.05) is 38.8 Å². The molecule has 0 unspecified atom stereocenters. The summed E-state index contributed by atoms with van der Waals surface area (Å²) in [6.07, 6.45) is -4.01. The van der Waals surface area contributed by atoms with Gasteiger partial charge in [0.15, 0.2) is 4.75 Å². The molecule has 0 aromatic heterocycles. The van der Waals surface area contributed by atoms with E-state index in [1.54, 1.807) is 4.90 Å². The van der Waals surface area contributed by atoms with Gasteiger partial charge in [-0.3, -0.25) is 10.2 Å². The number of alkyl halides is 3. The van der Waals surface area contributed by atoms with E-state index in [0.717, 1.165) is 17.7 Å². The van der Waals surface area contributed by atoms with Crippen molar-refractivity contribution in [2.24, 2.45) is 0 Å². The molecule has 2 fully saturated rings. The van der Waals surface area contributed by atoms with E-state index in [2.05, 4.69) is 5.32 Å². The predicted octanol–water partition coefficient (Wildman–Crippen LogP) is 3.48. The summed E-state index contributed by atoms with van der Waals surface area (Å²) >= 11 is 0. The summed E-state index contributed by atoms with van der Waals surface area (Å²) in [5, 5.41) is 11.0. The Bertz CT molecular complexity index is 1240. The molecule has 12 heteroatoms. The lowest BCUT2D eigenvalue weighted by Gasteiger charge is -2.44. The first-order chi connectivity index (χ1) is 18.0. The molecule has 2 aromatic carbocycles. The highest BCUT2D eigenvalue weighted by Crippen LogP contribution is 2.36. The number of halogens is 3. The summed E-state index contributed by atoms with van der Waals surface area (Å²) in [4.78, 5) is 14.8. The zero-order valence-electron chi connectivity index (χ0n) is 21.0. The molecule has 2 aliphatic rings. The highest BCUT2D eigenvalue weighted by molar-refractivity contribution is 7.91. The lowest BCUT2D eigenvalue weighted by Crippen LogP contribution is -2.62. The van der Waals surface area contributed by atoms with Crippen LogP contribution in [0.2, 0.25) is 0 Å². The topological polar surface area (TPSA) is 103 Å². The Hall–Kier alpha value is -3.12. The molecule has 2 aliphatic heterocycles. The molecule has 2 N–H and O–H groups in total. The second-order valence-electron chi connectivity index (χ2n) is 9.52. The van der Waals surface area contributed by atoms with Gasteiger partial charge in [-0.25, -0.2) is 12.7 Å². The van der Waals surface area contributed by atoms with Gasteiger partial charge in [0.2, 0.25) is 15.9 Å². The van der Waals surface area contributed by atoms with Crippen LogP contribution in [0.1, 0.15) is 36.8 Å². The number of nitrogens with zero attached hydrogens (tertiary/aromatic N) is 2. The van der Waals surface area contributed by atoms with Crippen LogP contribution in [-0.4, -0.2) is 73.4 Å². The molecule has 2 aromatic rings. The summed E-state index contributed by atoms with van der Waals surface area (Å²) in [5.74, 6) is 0.00984. The number of nitrogens with one attached hydrogen (secondary N) is 2. The number of hydrogen-bond acceptors (Lipinski definition) is 5. The van der Waals surface area contributed by atoms with Crippen molar-refractivity contribution in [1.82, 2.24) is 14.5 Å². The average Bonchev–Trinajstić information content (AvgIpc) is 2.92. The molecule has 2 saturated heterocycles. The minimum absolute atomic E-state index is 0.0478. The van der Waals surface area contributed by atoms with Gasteiger partial charge in [0.1, 0.15) is 17.7 Å². The van der Waals surface area contributed by atoms with E-state index in [0.29, 0.717) is 12.8 Å². The van der Waals surface area contributed by atoms with Crippen molar-refractivity contribution in [2.75, 3.05) is 33.2 Å². The molecule has 8 nitrogen and oxygen atoms in total. The largest absolute Gasteiger partial charge is 0.490 e. The van der Waals surface area contributed by atoms with Crippen LogP contribution in [0.15, 0.2) is 54.6 Å². The molecule has 0 atom stereocenters. The zero-order valence-corrected chi connectivity index (χ0v) is 21.8. The third-order valence-electron chi connectivity index (χ3n) is 7.29. The lowest BCUT2D eigenvalue weighted by atomic mass is 9.94. The van der Waals surface area contributed by atoms with Crippen LogP contribution in [0.25, 0.3) is 0 Å². The maximum Gasteiger partial charge on any atom is 0.416 e. The van der Waals surface area contributed by atoms with Crippen molar-refractivity contribution in [2.45, 2.75) is 42.7 Å². The molecule has 4 rings (SSSR count). The van der Waals surface area contributed by atoms with Gasteiger partial charge in [0.25, 0.3) is 0 Å². The first-order valence-electron chi connectivity index (χ1n) is 12.4. The van der Waals surface area contributed by atoms with Crippen molar-refractivity contribution in [3.8, 4) is 5.75 Å². The maximum absolute atomic E-state index is 13.9. The fraction of sp³-hybridized carbons (Fsp3) is 0.462. The monoisotopic (exact) mass is 552 g/mol. The number of rotatable bonds is 6. The van der Waals surface area contributed by atoms with Gasteiger partial charge >= 0.3 is 6.18 Å². The molecular weight excluding hydrogens is 521 g/mol. The molecule has 0 radical (unpaired) electrons. The van der Waals surface area contributed by atoms with Crippen molar-refractivity contribution in [3.63, 3.8) is 0 Å². The van der Waals surface area contributed by atoms with E-state index in [4.69, 9.17) is 10.1 Å². The van der Waals surface area contributed by atoms with Crippen molar-refractivity contribution < 1.29 is 31.1 Å². The third-order valence-corrected chi connectivity index (χ3v) is 9.92. The van der Waals surface area contributed by atoms with Gasteiger partial charge in [-0.2, -0.15) is 13.2 Å². The first kappa shape index (κ1) is 27.9. The quantitative estimate of drug-likeness (QED) is 0.422. The fourth-order valence-corrected chi connectivity index (χ4v) is 7.27. The van der Waals surface area contributed by atoms with E-state index < -0.39 is 32.4 Å². The van der Waals surface area contributed by atoms with Crippen LogP contribution in [0, 0.1) is 5.41 Å². The number of benzene rings is 2. The van der Waals surface area contributed by atoms with Gasteiger partial charge in [-0.15, -0.1) is 0 Å². The molecule has 0 bridgehead atoms. The number of hydrogen-bond donors (Lipinski definition) is 2. The number of carbonyl (C=O) groups excluding carboxylic acids is 1.